The van der Waals surface area contributed by atoms with Gasteiger partial charge in [-0.25, -0.2) is 4.57 Å². The van der Waals surface area contributed by atoms with Crippen molar-refractivity contribution in [1.29, 1.82) is 0 Å². The maximum atomic E-state index is 8.09. The van der Waals surface area contributed by atoms with Crippen LogP contribution in [-0.4, -0.2) is 4.98 Å². The molecule has 4 aromatic rings. The second-order valence-electron chi connectivity index (χ2n) is 7.04. The SMILES string of the molecule is [2H]C([2H])([2H])C(C)(C)c1nc(C)c(-c2cccc[n+]2C)c2oc3ccccc3c12. The number of hydrogen-bond donors (Lipinski definition) is 0. The summed E-state index contributed by atoms with van der Waals surface area (Å²) in [7, 11) is 1.98. The second kappa shape index (κ2) is 5.41. The molecule has 25 heavy (non-hydrogen) atoms. The van der Waals surface area contributed by atoms with Gasteiger partial charge in [0, 0.05) is 27.0 Å². The van der Waals surface area contributed by atoms with Gasteiger partial charge in [0.05, 0.1) is 16.8 Å². The van der Waals surface area contributed by atoms with Crippen molar-refractivity contribution >= 4 is 21.9 Å². The monoisotopic (exact) mass is 334 g/mol. The molecule has 0 radical (unpaired) electrons. The number of furan rings is 1. The Kier molecular flexibility index (Phi) is 2.74. The van der Waals surface area contributed by atoms with E-state index < -0.39 is 12.3 Å². The smallest absolute Gasteiger partial charge is 0.217 e. The van der Waals surface area contributed by atoms with Crippen molar-refractivity contribution < 1.29 is 13.1 Å². The van der Waals surface area contributed by atoms with Gasteiger partial charge in [-0.15, -0.1) is 0 Å². The minimum absolute atomic E-state index is 0.548. The number of nitrogens with zero attached hydrogens (tertiary/aromatic N) is 2. The van der Waals surface area contributed by atoms with E-state index in [0.29, 0.717) is 11.3 Å². The molecule has 0 atom stereocenters. The maximum Gasteiger partial charge on any atom is 0.217 e. The molecular formula is C22H23N2O+. The molecule has 4 rings (SSSR count). The van der Waals surface area contributed by atoms with E-state index in [0.717, 1.165) is 33.3 Å². The number of benzene rings is 1. The summed E-state index contributed by atoms with van der Waals surface area (Å²) in [6.07, 6.45) is 1.98. The minimum Gasteiger partial charge on any atom is -0.455 e. The van der Waals surface area contributed by atoms with Crippen molar-refractivity contribution in [1.82, 2.24) is 4.98 Å². The zero-order valence-electron chi connectivity index (χ0n) is 17.9. The molecule has 3 nitrogen and oxygen atoms in total. The molecule has 3 heterocycles. The minimum atomic E-state index is -2.20. The van der Waals surface area contributed by atoms with E-state index in [9.17, 15) is 0 Å². The van der Waals surface area contributed by atoms with Gasteiger partial charge in [0.25, 0.3) is 0 Å². The lowest BCUT2D eigenvalue weighted by molar-refractivity contribution is -0.660. The predicted molar refractivity (Wildman–Crippen MR) is 102 cm³/mol. The normalized spacial score (nSPS) is 14.5. The van der Waals surface area contributed by atoms with Gasteiger partial charge in [0.2, 0.25) is 5.69 Å². The molecule has 0 aliphatic rings. The third-order valence-electron chi connectivity index (χ3n) is 4.60. The zero-order chi connectivity index (χ0) is 20.3. The second-order valence-corrected chi connectivity index (χ2v) is 7.04. The molecule has 0 fully saturated rings. The molecule has 3 aromatic heterocycles. The van der Waals surface area contributed by atoms with Crippen LogP contribution < -0.4 is 4.57 Å². The van der Waals surface area contributed by atoms with Crippen molar-refractivity contribution in [2.24, 2.45) is 7.05 Å². The highest BCUT2D eigenvalue weighted by Gasteiger charge is 2.28. The zero-order valence-corrected chi connectivity index (χ0v) is 14.9. The first-order valence-electron chi connectivity index (χ1n) is 9.90. The first-order valence-corrected chi connectivity index (χ1v) is 8.40. The van der Waals surface area contributed by atoms with Gasteiger partial charge >= 0.3 is 0 Å². The van der Waals surface area contributed by atoms with Gasteiger partial charge < -0.3 is 4.42 Å². The van der Waals surface area contributed by atoms with E-state index in [1.165, 1.54) is 0 Å². The van der Waals surface area contributed by atoms with Crippen molar-refractivity contribution in [3.63, 3.8) is 0 Å². The molecule has 1 aromatic carbocycles. The fourth-order valence-corrected chi connectivity index (χ4v) is 3.44. The highest BCUT2D eigenvalue weighted by Crippen LogP contribution is 2.41. The van der Waals surface area contributed by atoms with Gasteiger partial charge in [0.15, 0.2) is 11.8 Å². The van der Waals surface area contributed by atoms with Crippen LogP contribution in [0.25, 0.3) is 33.2 Å². The molecule has 0 saturated carbocycles. The number of rotatable bonds is 1. The molecule has 0 saturated heterocycles. The van der Waals surface area contributed by atoms with Crippen molar-refractivity contribution in [3.05, 3.63) is 60.0 Å². The number of aromatic nitrogens is 2. The van der Waals surface area contributed by atoms with Crippen molar-refractivity contribution in [2.75, 3.05) is 0 Å². The Morgan fingerprint density at radius 3 is 2.64 bits per heavy atom. The number of hydrogen-bond acceptors (Lipinski definition) is 2. The van der Waals surface area contributed by atoms with Crippen molar-refractivity contribution in [2.45, 2.75) is 33.0 Å². The molecule has 0 amide bonds. The van der Waals surface area contributed by atoms with Crippen LogP contribution in [0.3, 0.4) is 0 Å². The van der Waals surface area contributed by atoms with Gasteiger partial charge in [-0.2, -0.15) is 0 Å². The number of fused-ring (bicyclic) bond motifs is 3. The summed E-state index contributed by atoms with van der Waals surface area (Å²) >= 11 is 0. The van der Waals surface area contributed by atoms with Crippen molar-refractivity contribution in [3.8, 4) is 11.3 Å². The molecule has 0 N–H and O–H groups in total. The van der Waals surface area contributed by atoms with Gasteiger partial charge in [0.1, 0.15) is 18.2 Å². The van der Waals surface area contributed by atoms with E-state index in [1.54, 1.807) is 13.8 Å². The van der Waals surface area contributed by atoms with E-state index >= 15 is 0 Å². The first kappa shape index (κ1) is 12.6. The Morgan fingerprint density at radius 2 is 1.88 bits per heavy atom. The summed E-state index contributed by atoms with van der Waals surface area (Å²) < 4.78 is 32.6. The van der Waals surface area contributed by atoms with Crippen LogP contribution in [0, 0.1) is 6.92 Å². The Morgan fingerprint density at radius 1 is 1.12 bits per heavy atom. The summed E-state index contributed by atoms with van der Waals surface area (Å²) in [6.45, 7) is 3.17. The Bertz CT molecular complexity index is 1210. The largest absolute Gasteiger partial charge is 0.455 e. The molecule has 0 aliphatic carbocycles. The topological polar surface area (TPSA) is 29.9 Å². The summed E-state index contributed by atoms with van der Waals surface area (Å²) in [5.74, 6) is 0. The highest BCUT2D eigenvalue weighted by atomic mass is 16.3. The predicted octanol–water partition coefficient (Wildman–Crippen LogP) is 5.08. The molecular weight excluding hydrogens is 308 g/mol. The molecule has 3 heteroatoms. The third kappa shape index (κ3) is 2.42. The highest BCUT2D eigenvalue weighted by molar-refractivity contribution is 6.11. The fraction of sp³-hybridized carbons (Fsp3) is 0.273. The molecule has 0 aliphatic heterocycles. The Labute approximate surface area is 152 Å². The van der Waals surface area contributed by atoms with E-state index in [4.69, 9.17) is 13.5 Å². The van der Waals surface area contributed by atoms with E-state index in [2.05, 4.69) is 0 Å². The van der Waals surface area contributed by atoms with Gasteiger partial charge in [-0.3, -0.25) is 4.98 Å². The quantitative estimate of drug-likeness (QED) is 0.454. The van der Waals surface area contributed by atoms with Gasteiger partial charge in [-0.05, 0) is 19.1 Å². The summed E-state index contributed by atoms with van der Waals surface area (Å²) in [5.41, 5.74) is 3.44. The average molecular weight is 334 g/mol. The standard InChI is InChI=1S/C22H23N2O/c1-14-18(16-11-8-9-13-24(16)5)20-19(21(23-14)22(2,3)4)15-10-6-7-12-17(15)25-20/h6-13H,1-5H3/q+1/i2D3. The first-order chi connectivity index (χ1) is 13.1. The van der Waals surface area contributed by atoms with Crippen LogP contribution in [0.5, 0.6) is 0 Å². The van der Waals surface area contributed by atoms with E-state index in [-0.39, 0.29) is 0 Å². The third-order valence-corrected chi connectivity index (χ3v) is 4.60. The molecule has 0 bridgehead atoms. The molecule has 126 valence electrons. The van der Waals surface area contributed by atoms with Crippen LogP contribution >= 0.6 is 0 Å². The van der Waals surface area contributed by atoms with Crippen LogP contribution in [0.15, 0.2) is 53.1 Å². The maximum absolute atomic E-state index is 8.09. The number of aryl methyl sites for hydroxylation is 2. The van der Waals surface area contributed by atoms with E-state index in [1.807, 2.05) is 67.2 Å². The lowest BCUT2D eigenvalue weighted by Crippen LogP contribution is -2.30. The van der Waals surface area contributed by atoms with Crippen LogP contribution in [-0.2, 0) is 12.5 Å². The Hall–Kier alpha value is -2.68. The average Bonchev–Trinajstić information content (AvgIpc) is 3.00. The lowest BCUT2D eigenvalue weighted by Gasteiger charge is -2.20. The number of pyridine rings is 2. The van der Waals surface area contributed by atoms with Crippen LogP contribution in [0.4, 0.5) is 0 Å². The summed E-state index contributed by atoms with van der Waals surface area (Å²) in [5, 5.41) is 1.67. The fourth-order valence-electron chi connectivity index (χ4n) is 3.44. The number of para-hydroxylation sites is 1. The lowest BCUT2D eigenvalue weighted by atomic mass is 9.87. The Balaban J connectivity index is 2.21. The van der Waals surface area contributed by atoms with Crippen LogP contribution in [0.1, 0.15) is 36.2 Å². The van der Waals surface area contributed by atoms with Crippen LogP contribution in [0.2, 0.25) is 0 Å². The molecule has 0 spiro atoms. The molecule has 0 unspecified atom stereocenters. The summed E-state index contributed by atoms with van der Waals surface area (Å²) in [4.78, 5) is 4.85. The van der Waals surface area contributed by atoms with Gasteiger partial charge in [-0.1, -0.05) is 38.9 Å². The summed E-state index contributed by atoms with van der Waals surface area (Å²) in [6, 6.07) is 13.7.